The first-order valence-electron chi connectivity index (χ1n) is 3.36. The molecule has 2 nitrogen and oxygen atoms in total. The van der Waals surface area contributed by atoms with Crippen LogP contribution in [0.2, 0.25) is 0 Å². The van der Waals surface area contributed by atoms with Gasteiger partial charge in [0.15, 0.2) is 0 Å². The van der Waals surface area contributed by atoms with E-state index >= 15 is 0 Å². The van der Waals surface area contributed by atoms with Crippen molar-refractivity contribution in [3.63, 3.8) is 0 Å². The van der Waals surface area contributed by atoms with Gasteiger partial charge in [-0.25, -0.2) is 4.39 Å². The highest BCUT2D eigenvalue weighted by Crippen LogP contribution is 2.22. The van der Waals surface area contributed by atoms with Crippen LogP contribution >= 0.6 is 15.9 Å². The maximum Gasteiger partial charge on any atom is 0.300 e. The lowest BCUT2D eigenvalue weighted by Crippen LogP contribution is -2.08. The van der Waals surface area contributed by atoms with Crippen LogP contribution in [0.15, 0.2) is 22.7 Å². The van der Waals surface area contributed by atoms with Crippen molar-refractivity contribution in [3.8, 4) is 12.3 Å². The average Bonchev–Trinajstić information content (AvgIpc) is 2.11. The number of amides is 1. The predicted molar refractivity (Wildman–Crippen MR) is 51.6 cm³/mol. The molecule has 4 heteroatoms. The first-order valence-corrected chi connectivity index (χ1v) is 4.15. The van der Waals surface area contributed by atoms with E-state index in [4.69, 9.17) is 6.42 Å². The fourth-order valence-electron chi connectivity index (χ4n) is 0.752. The second-order valence-electron chi connectivity index (χ2n) is 2.22. The lowest BCUT2D eigenvalue weighted by atomic mass is 10.3. The summed E-state index contributed by atoms with van der Waals surface area (Å²) in [4.78, 5) is 10.8. The number of terminal acetylenes is 1. The third kappa shape index (κ3) is 2.56. The van der Waals surface area contributed by atoms with Gasteiger partial charge in [0, 0.05) is 4.47 Å². The highest BCUT2D eigenvalue weighted by molar-refractivity contribution is 9.10. The third-order valence-electron chi connectivity index (χ3n) is 1.31. The van der Waals surface area contributed by atoms with E-state index in [1.54, 1.807) is 0 Å². The Balaban J connectivity index is 2.95. The standard InChI is InChI=1S/C9H5BrFNO/c1-2-9(13)12-8-5-6(11)3-4-7(8)10/h1,3-5H,(H,12,13). The van der Waals surface area contributed by atoms with Crippen LogP contribution in [0, 0.1) is 18.2 Å². The van der Waals surface area contributed by atoms with Crippen molar-refractivity contribution >= 4 is 27.5 Å². The van der Waals surface area contributed by atoms with E-state index in [9.17, 15) is 9.18 Å². The number of nitrogens with one attached hydrogen (secondary N) is 1. The van der Waals surface area contributed by atoms with E-state index < -0.39 is 11.7 Å². The lowest BCUT2D eigenvalue weighted by Gasteiger charge is -2.03. The molecule has 0 aromatic heterocycles. The van der Waals surface area contributed by atoms with Crippen LogP contribution in [0.3, 0.4) is 0 Å². The summed E-state index contributed by atoms with van der Waals surface area (Å²) in [5.74, 6) is 0.827. The molecule has 0 heterocycles. The Morgan fingerprint density at radius 3 is 2.92 bits per heavy atom. The number of carbonyl (C=O) groups excluding carboxylic acids is 1. The van der Waals surface area contributed by atoms with Gasteiger partial charge in [0.1, 0.15) is 5.82 Å². The highest BCUT2D eigenvalue weighted by atomic mass is 79.9. The van der Waals surface area contributed by atoms with Gasteiger partial charge < -0.3 is 5.32 Å². The minimum absolute atomic E-state index is 0.322. The number of carbonyl (C=O) groups is 1. The van der Waals surface area contributed by atoms with Gasteiger partial charge in [0.2, 0.25) is 0 Å². The Bertz CT molecular complexity index is 384. The van der Waals surface area contributed by atoms with Gasteiger partial charge in [-0.1, -0.05) is 0 Å². The Labute approximate surface area is 83.3 Å². The van der Waals surface area contributed by atoms with Crippen LogP contribution in [0.5, 0.6) is 0 Å². The summed E-state index contributed by atoms with van der Waals surface area (Å²) in [5, 5.41) is 2.34. The number of rotatable bonds is 1. The molecule has 0 saturated carbocycles. The predicted octanol–water partition coefficient (Wildman–Crippen LogP) is 2.16. The van der Waals surface area contributed by atoms with Crippen molar-refractivity contribution in [1.82, 2.24) is 0 Å². The molecule has 0 unspecified atom stereocenters. The van der Waals surface area contributed by atoms with Crippen molar-refractivity contribution in [2.75, 3.05) is 5.32 Å². The molecule has 0 aliphatic carbocycles. The quantitative estimate of drug-likeness (QED) is 0.751. The van der Waals surface area contributed by atoms with Crippen molar-refractivity contribution in [2.24, 2.45) is 0 Å². The van der Waals surface area contributed by atoms with E-state index in [0.717, 1.165) is 0 Å². The second-order valence-corrected chi connectivity index (χ2v) is 3.08. The Morgan fingerprint density at radius 1 is 1.62 bits per heavy atom. The summed E-state index contributed by atoms with van der Waals surface area (Å²) < 4.78 is 13.3. The lowest BCUT2D eigenvalue weighted by molar-refractivity contribution is -0.111. The maximum atomic E-state index is 12.7. The summed E-state index contributed by atoms with van der Waals surface area (Å²) >= 11 is 3.14. The highest BCUT2D eigenvalue weighted by Gasteiger charge is 2.03. The number of hydrogen-bond donors (Lipinski definition) is 1. The molecule has 1 aromatic carbocycles. The summed E-state index contributed by atoms with van der Waals surface area (Å²) in [6.07, 6.45) is 4.84. The molecular formula is C9H5BrFNO. The Morgan fingerprint density at radius 2 is 2.31 bits per heavy atom. The van der Waals surface area contributed by atoms with E-state index in [0.29, 0.717) is 10.2 Å². The number of anilines is 1. The van der Waals surface area contributed by atoms with Crippen molar-refractivity contribution in [1.29, 1.82) is 0 Å². The minimum atomic E-state index is -0.605. The summed E-state index contributed by atoms with van der Waals surface area (Å²) in [6.45, 7) is 0. The molecule has 0 aliphatic rings. The maximum absolute atomic E-state index is 12.7. The molecule has 0 radical (unpaired) electrons. The van der Waals surface area contributed by atoms with Crippen molar-refractivity contribution < 1.29 is 9.18 Å². The fourth-order valence-corrected chi connectivity index (χ4v) is 1.10. The molecule has 66 valence electrons. The van der Waals surface area contributed by atoms with Crippen molar-refractivity contribution in [3.05, 3.63) is 28.5 Å². The minimum Gasteiger partial charge on any atom is -0.314 e. The average molecular weight is 242 g/mol. The molecule has 1 aromatic rings. The van der Waals surface area contributed by atoms with Gasteiger partial charge >= 0.3 is 0 Å². The summed E-state index contributed by atoms with van der Waals surface area (Å²) in [7, 11) is 0. The van der Waals surface area contributed by atoms with Gasteiger partial charge in [-0.05, 0) is 40.0 Å². The Hall–Kier alpha value is -1.34. The number of hydrogen-bond acceptors (Lipinski definition) is 1. The summed E-state index contributed by atoms with van der Waals surface area (Å²) in [5.41, 5.74) is 0.322. The van der Waals surface area contributed by atoms with Crippen LogP contribution in [0.1, 0.15) is 0 Å². The molecule has 0 spiro atoms. The van der Waals surface area contributed by atoms with E-state index in [1.807, 2.05) is 5.92 Å². The number of halogens is 2. The molecule has 1 N–H and O–H groups in total. The first kappa shape index (κ1) is 9.75. The van der Waals surface area contributed by atoms with E-state index in [1.165, 1.54) is 18.2 Å². The molecule has 0 bridgehead atoms. The van der Waals surface area contributed by atoms with Crippen LogP contribution < -0.4 is 5.32 Å². The first-order chi connectivity index (χ1) is 6.13. The van der Waals surface area contributed by atoms with Crippen LogP contribution in [0.25, 0.3) is 0 Å². The zero-order valence-corrected chi connectivity index (χ0v) is 8.06. The van der Waals surface area contributed by atoms with Gasteiger partial charge in [0.05, 0.1) is 5.69 Å². The monoisotopic (exact) mass is 241 g/mol. The molecular weight excluding hydrogens is 237 g/mol. The largest absolute Gasteiger partial charge is 0.314 e. The van der Waals surface area contributed by atoms with Crippen LogP contribution in [0.4, 0.5) is 10.1 Å². The molecule has 1 rings (SSSR count). The van der Waals surface area contributed by atoms with Gasteiger partial charge in [-0.3, -0.25) is 4.79 Å². The zero-order chi connectivity index (χ0) is 9.84. The molecule has 13 heavy (non-hydrogen) atoms. The van der Waals surface area contributed by atoms with Gasteiger partial charge in [0.25, 0.3) is 5.91 Å². The molecule has 0 saturated heterocycles. The fraction of sp³-hybridized carbons (Fsp3) is 0. The zero-order valence-electron chi connectivity index (χ0n) is 6.47. The van der Waals surface area contributed by atoms with Crippen molar-refractivity contribution in [2.45, 2.75) is 0 Å². The smallest absolute Gasteiger partial charge is 0.300 e. The molecule has 1 amide bonds. The topological polar surface area (TPSA) is 29.1 Å². The SMILES string of the molecule is C#CC(=O)Nc1cc(F)ccc1Br. The molecule has 0 aliphatic heterocycles. The normalized spacial score (nSPS) is 9.00. The van der Waals surface area contributed by atoms with Crippen LogP contribution in [-0.2, 0) is 4.79 Å². The molecule has 0 fully saturated rings. The third-order valence-corrected chi connectivity index (χ3v) is 2.00. The summed E-state index contributed by atoms with van der Waals surface area (Å²) in [6, 6.07) is 3.94. The Kier molecular flexibility index (Phi) is 3.04. The van der Waals surface area contributed by atoms with Gasteiger partial charge in [-0.2, -0.15) is 0 Å². The second kappa shape index (κ2) is 4.06. The van der Waals surface area contributed by atoms with E-state index in [-0.39, 0.29) is 0 Å². The molecule has 0 atom stereocenters. The van der Waals surface area contributed by atoms with E-state index in [2.05, 4.69) is 21.2 Å². The number of benzene rings is 1. The van der Waals surface area contributed by atoms with Gasteiger partial charge in [-0.15, -0.1) is 6.42 Å². The van der Waals surface area contributed by atoms with Crippen LogP contribution in [-0.4, -0.2) is 5.91 Å².